The van der Waals surface area contributed by atoms with Gasteiger partial charge >= 0.3 is 0 Å². The van der Waals surface area contributed by atoms with Crippen molar-refractivity contribution < 1.29 is 0 Å². The van der Waals surface area contributed by atoms with E-state index >= 15 is 0 Å². The van der Waals surface area contributed by atoms with E-state index in [4.69, 9.17) is 0 Å². The smallest absolute Gasteiger partial charge is 0.0469 e. The first-order valence-corrected chi connectivity index (χ1v) is 5.84. The second-order valence-electron chi connectivity index (χ2n) is 4.65. The van der Waals surface area contributed by atoms with Gasteiger partial charge < -0.3 is 0 Å². The molecule has 0 saturated heterocycles. The van der Waals surface area contributed by atoms with Gasteiger partial charge in [-0.05, 0) is 51.2 Å². The molecule has 0 bridgehead atoms. The molecule has 80 valence electrons. The summed E-state index contributed by atoms with van der Waals surface area (Å²) in [5, 5.41) is 0. The third-order valence-electron chi connectivity index (χ3n) is 3.12. The van der Waals surface area contributed by atoms with Crippen molar-refractivity contribution in [1.82, 2.24) is 4.98 Å². The molecule has 0 saturated carbocycles. The van der Waals surface area contributed by atoms with Gasteiger partial charge in [-0.3, -0.25) is 4.98 Å². The SMILES string of the molecule is CC(C)=CCC1CCCc2cccnc21. The molecule has 1 aromatic heterocycles. The predicted molar refractivity (Wildman–Crippen MR) is 64.0 cm³/mol. The van der Waals surface area contributed by atoms with Crippen molar-refractivity contribution in [1.29, 1.82) is 0 Å². The molecule has 1 nitrogen and oxygen atoms in total. The van der Waals surface area contributed by atoms with E-state index < -0.39 is 0 Å². The van der Waals surface area contributed by atoms with Crippen molar-refractivity contribution in [2.75, 3.05) is 0 Å². The molecule has 0 aromatic carbocycles. The van der Waals surface area contributed by atoms with Gasteiger partial charge in [-0.2, -0.15) is 0 Å². The maximum Gasteiger partial charge on any atom is 0.0469 e. The Balaban J connectivity index is 2.19. The zero-order valence-corrected chi connectivity index (χ0v) is 9.66. The first-order chi connectivity index (χ1) is 7.27. The number of aromatic nitrogens is 1. The third-order valence-corrected chi connectivity index (χ3v) is 3.12. The molecule has 1 heterocycles. The molecular weight excluding hydrogens is 182 g/mol. The fourth-order valence-electron chi connectivity index (χ4n) is 2.31. The minimum atomic E-state index is 0.657. The fourth-order valence-corrected chi connectivity index (χ4v) is 2.31. The van der Waals surface area contributed by atoms with Crippen LogP contribution in [0.1, 0.15) is 50.3 Å². The summed E-state index contributed by atoms with van der Waals surface area (Å²) in [6.07, 6.45) is 9.27. The average molecular weight is 201 g/mol. The highest BCUT2D eigenvalue weighted by Gasteiger charge is 2.19. The van der Waals surface area contributed by atoms with Gasteiger partial charge in [0, 0.05) is 17.8 Å². The quantitative estimate of drug-likeness (QED) is 0.662. The lowest BCUT2D eigenvalue weighted by Gasteiger charge is -2.23. The van der Waals surface area contributed by atoms with Crippen molar-refractivity contribution in [3.8, 4) is 0 Å². The van der Waals surface area contributed by atoms with Crippen LogP contribution in [0.2, 0.25) is 0 Å². The van der Waals surface area contributed by atoms with E-state index in [1.54, 1.807) is 0 Å². The number of hydrogen-bond donors (Lipinski definition) is 0. The maximum atomic E-state index is 4.55. The third kappa shape index (κ3) is 2.47. The molecule has 0 fully saturated rings. The Bertz CT molecular complexity index is 361. The van der Waals surface area contributed by atoms with E-state index in [1.807, 2.05) is 6.20 Å². The van der Waals surface area contributed by atoms with Crippen molar-refractivity contribution in [3.05, 3.63) is 41.2 Å². The average Bonchev–Trinajstić information content (AvgIpc) is 2.26. The van der Waals surface area contributed by atoms with E-state index in [9.17, 15) is 0 Å². The Kier molecular flexibility index (Phi) is 3.20. The molecule has 0 N–H and O–H groups in total. The normalized spacial score (nSPS) is 19.5. The minimum Gasteiger partial charge on any atom is -0.261 e. The van der Waals surface area contributed by atoms with E-state index in [0.717, 1.165) is 6.42 Å². The van der Waals surface area contributed by atoms with E-state index in [0.29, 0.717) is 5.92 Å². The molecule has 1 aliphatic carbocycles. The molecule has 2 rings (SSSR count). The summed E-state index contributed by atoms with van der Waals surface area (Å²) < 4.78 is 0. The number of nitrogens with zero attached hydrogens (tertiary/aromatic N) is 1. The molecule has 1 unspecified atom stereocenters. The molecule has 1 atom stereocenters. The lowest BCUT2D eigenvalue weighted by Crippen LogP contribution is -2.11. The van der Waals surface area contributed by atoms with Crippen LogP contribution in [0.4, 0.5) is 0 Å². The van der Waals surface area contributed by atoms with Crippen molar-refractivity contribution >= 4 is 0 Å². The Hall–Kier alpha value is -1.11. The summed E-state index contributed by atoms with van der Waals surface area (Å²) in [4.78, 5) is 4.55. The lowest BCUT2D eigenvalue weighted by molar-refractivity contribution is 0.541. The first-order valence-electron chi connectivity index (χ1n) is 5.84. The van der Waals surface area contributed by atoms with E-state index in [2.05, 4.69) is 37.0 Å². The van der Waals surface area contributed by atoms with Gasteiger partial charge in [0.1, 0.15) is 0 Å². The lowest BCUT2D eigenvalue weighted by atomic mass is 9.84. The summed E-state index contributed by atoms with van der Waals surface area (Å²) in [5.74, 6) is 0.657. The number of pyridine rings is 1. The number of aryl methyl sites for hydroxylation is 1. The van der Waals surface area contributed by atoms with Crippen LogP contribution in [0.5, 0.6) is 0 Å². The maximum absolute atomic E-state index is 4.55. The van der Waals surface area contributed by atoms with Gasteiger partial charge in [-0.1, -0.05) is 17.7 Å². The van der Waals surface area contributed by atoms with Crippen LogP contribution < -0.4 is 0 Å². The summed E-state index contributed by atoms with van der Waals surface area (Å²) >= 11 is 0. The van der Waals surface area contributed by atoms with Crippen LogP contribution in [-0.4, -0.2) is 4.98 Å². The number of hydrogen-bond acceptors (Lipinski definition) is 1. The zero-order valence-electron chi connectivity index (χ0n) is 9.66. The van der Waals surface area contributed by atoms with Crippen LogP contribution in [0, 0.1) is 0 Å². The topological polar surface area (TPSA) is 12.9 Å². The molecule has 15 heavy (non-hydrogen) atoms. The van der Waals surface area contributed by atoms with Gasteiger partial charge in [0.25, 0.3) is 0 Å². The number of allylic oxidation sites excluding steroid dienone is 2. The standard InChI is InChI=1S/C14H19N/c1-11(2)8-9-13-6-3-5-12-7-4-10-15-14(12)13/h4,7-8,10,13H,3,5-6,9H2,1-2H3. The second kappa shape index (κ2) is 4.61. The molecule has 1 aromatic rings. The van der Waals surface area contributed by atoms with Crippen LogP contribution in [-0.2, 0) is 6.42 Å². The molecule has 0 amide bonds. The molecule has 0 spiro atoms. The Morgan fingerprint density at radius 3 is 3.20 bits per heavy atom. The summed E-state index contributed by atoms with van der Waals surface area (Å²) in [7, 11) is 0. The molecular formula is C14H19N. The van der Waals surface area contributed by atoms with Crippen LogP contribution in [0.15, 0.2) is 30.0 Å². The summed E-state index contributed by atoms with van der Waals surface area (Å²) in [5.41, 5.74) is 4.23. The number of fused-ring (bicyclic) bond motifs is 1. The predicted octanol–water partition coefficient (Wildman–Crippen LogP) is 3.86. The van der Waals surface area contributed by atoms with E-state index in [1.165, 1.54) is 36.1 Å². The van der Waals surface area contributed by atoms with Crippen LogP contribution >= 0.6 is 0 Å². The Morgan fingerprint density at radius 1 is 1.53 bits per heavy atom. The molecule has 1 heteroatoms. The van der Waals surface area contributed by atoms with Gasteiger partial charge in [0.15, 0.2) is 0 Å². The van der Waals surface area contributed by atoms with E-state index in [-0.39, 0.29) is 0 Å². The first kappa shape index (κ1) is 10.4. The number of rotatable bonds is 2. The fraction of sp³-hybridized carbons (Fsp3) is 0.500. The van der Waals surface area contributed by atoms with Crippen molar-refractivity contribution in [2.24, 2.45) is 0 Å². The highest BCUT2D eigenvalue weighted by atomic mass is 14.7. The van der Waals surface area contributed by atoms with Gasteiger partial charge in [-0.15, -0.1) is 0 Å². The van der Waals surface area contributed by atoms with Crippen molar-refractivity contribution in [2.45, 2.75) is 45.4 Å². The van der Waals surface area contributed by atoms with Crippen LogP contribution in [0.3, 0.4) is 0 Å². The minimum absolute atomic E-state index is 0.657. The zero-order chi connectivity index (χ0) is 10.7. The largest absolute Gasteiger partial charge is 0.261 e. The summed E-state index contributed by atoms with van der Waals surface area (Å²) in [6.45, 7) is 4.34. The molecule has 0 aliphatic heterocycles. The van der Waals surface area contributed by atoms with Crippen LogP contribution in [0.25, 0.3) is 0 Å². The monoisotopic (exact) mass is 201 g/mol. The molecule has 1 aliphatic rings. The van der Waals surface area contributed by atoms with Crippen molar-refractivity contribution in [3.63, 3.8) is 0 Å². The molecule has 0 radical (unpaired) electrons. The Morgan fingerprint density at radius 2 is 2.40 bits per heavy atom. The second-order valence-corrected chi connectivity index (χ2v) is 4.65. The van der Waals surface area contributed by atoms with Gasteiger partial charge in [-0.25, -0.2) is 0 Å². The van der Waals surface area contributed by atoms with Gasteiger partial charge in [0.05, 0.1) is 0 Å². The Labute approximate surface area is 92.2 Å². The highest BCUT2D eigenvalue weighted by Crippen LogP contribution is 2.32. The van der Waals surface area contributed by atoms with Gasteiger partial charge in [0.2, 0.25) is 0 Å². The summed E-state index contributed by atoms with van der Waals surface area (Å²) in [6, 6.07) is 4.29. The highest BCUT2D eigenvalue weighted by molar-refractivity contribution is 5.26.